The lowest BCUT2D eigenvalue weighted by atomic mass is 10.2. The van der Waals surface area contributed by atoms with Gasteiger partial charge in [0, 0.05) is 11.9 Å². The molecule has 0 amide bonds. The van der Waals surface area contributed by atoms with Gasteiger partial charge in [0.05, 0.1) is 5.02 Å². The van der Waals surface area contributed by atoms with E-state index in [-0.39, 0.29) is 5.82 Å². The van der Waals surface area contributed by atoms with Gasteiger partial charge in [-0.2, -0.15) is 0 Å². The highest BCUT2D eigenvalue weighted by atomic mass is 35.5. The Hall–Kier alpha value is -1.61. The summed E-state index contributed by atoms with van der Waals surface area (Å²) in [6, 6.07) is 8.41. The van der Waals surface area contributed by atoms with Crippen molar-refractivity contribution in [3.8, 4) is 0 Å². The van der Waals surface area contributed by atoms with E-state index in [1.807, 2.05) is 0 Å². The molecule has 1 aromatic carbocycles. The van der Waals surface area contributed by atoms with Crippen LogP contribution in [0.2, 0.25) is 5.02 Å². The predicted octanol–water partition coefficient (Wildman–Crippen LogP) is 3.93. The van der Waals surface area contributed by atoms with E-state index in [9.17, 15) is 4.39 Å². The van der Waals surface area contributed by atoms with Crippen LogP contribution in [0.1, 0.15) is 5.56 Å². The van der Waals surface area contributed by atoms with Crippen LogP contribution in [0.25, 0.3) is 0 Å². The van der Waals surface area contributed by atoms with Crippen molar-refractivity contribution < 1.29 is 4.39 Å². The summed E-state index contributed by atoms with van der Waals surface area (Å²) in [6.07, 6.45) is 1.54. The lowest BCUT2D eigenvalue weighted by Gasteiger charge is -2.06. The fourth-order valence-electron chi connectivity index (χ4n) is 1.27. The smallest absolute Gasteiger partial charge is 0.130 e. The van der Waals surface area contributed by atoms with Gasteiger partial charge in [-0.15, -0.1) is 0 Å². The number of aromatic nitrogens is 1. The van der Waals surface area contributed by atoms with Crippen LogP contribution >= 0.6 is 11.6 Å². The van der Waals surface area contributed by atoms with Crippen molar-refractivity contribution in [2.75, 3.05) is 5.32 Å². The lowest BCUT2D eigenvalue weighted by Crippen LogP contribution is -1.94. The number of nitrogens with one attached hydrogen (secondary N) is 1. The van der Waals surface area contributed by atoms with Crippen molar-refractivity contribution in [1.29, 1.82) is 0 Å². The maximum Gasteiger partial charge on any atom is 0.130 e. The molecule has 0 aliphatic rings. The fourth-order valence-corrected chi connectivity index (χ4v) is 1.38. The number of pyridine rings is 1. The molecule has 0 spiro atoms. The number of halogens is 2. The minimum Gasteiger partial charge on any atom is -0.340 e. The molecule has 1 aromatic heterocycles. The number of nitrogens with zero attached hydrogens (tertiary/aromatic N) is 1. The van der Waals surface area contributed by atoms with Crippen molar-refractivity contribution in [3.05, 3.63) is 52.9 Å². The number of rotatable bonds is 2. The Balaban J connectivity index is 2.20. The largest absolute Gasteiger partial charge is 0.340 e. The quantitative estimate of drug-likeness (QED) is 0.855. The molecule has 2 nitrogen and oxygen atoms in total. The third-order valence-corrected chi connectivity index (χ3v) is 2.40. The molecule has 4 heteroatoms. The zero-order valence-corrected chi connectivity index (χ0v) is 9.42. The molecule has 0 fully saturated rings. The average Bonchev–Trinajstić information content (AvgIpc) is 2.27. The monoisotopic (exact) mass is 236 g/mol. The summed E-state index contributed by atoms with van der Waals surface area (Å²) in [4.78, 5) is 4.06. The molecular formula is C12H10ClFN2. The first-order valence-corrected chi connectivity index (χ1v) is 5.18. The lowest BCUT2D eigenvalue weighted by molar-refractivity contribution is 0.619. The van der Waals surface area contributed by atoms with Gasteiger partial charge in [0.25, 0.3) is 0 Å². The van der Waals surface area contributed by atoms with Gasteiger partial charge >= 0.3 is 0 Å². The summed E-state index contributed by atoms with van der Waals surface area (Å²) < 4.78 is 13.3. The van der Waals surface area contributed by atoms with Crippen molar-refractivity contribution in [2.45, 2.75) is 6.92 Å². The highest BCUT2D eigenvalue weighted by Crippen LogP contribution is 2.18. The van der Waals surface area contributed by atoms with Gasteiger partial charge in [-0.3, -0.25) is 0 Å². The predicted molar refractivity (Wildman–Crippen MR) is 63.7 cm³/mol. The van der Waals surface area contributed by atoms with Gasteiger partial charge in [0.1, 0.15) is 11.6 Å². The Morgan fingerprint density at radius 2 is 2.06 bits per heavy atom. The molecule has 82 valence electrons. The molecule has 1 N–H and O–H groups in total. The molecule has 2 rings (SSSR count). The summed E-state index contributed by atoms with van der Waals surface area (Å²) in [5.74, 6) is 0.395. The second-order valence-corrected chi connectivity index (χ2v) is 3.89. The van der Waals surface area contributed by atoms with Gasteiger partial charge in [0.2, 0.25) is 0 Å². The van der Waals surface area contributed by atoms with Gasteiger partial charge in [-0.25, -0.2) is 9.37 Å². The molecule has 0 aliphatic carbocycles. The normalized spacial score (nSPS) is 10.2. The molecule has 0 aliphatic heterocycles. The summed E-state index contributed by atoms with van der Waals surface area (Å²) in [5.41, 5.74) is 1.28. The first-order valence-electron chi connectivity index (χ1n) is 4.80. The van der Waals surface area contributed by atoms with Gasteiger partial charge in [-0.1, -0.05) is 17.7 Å². The van der Waals surface area contributed by atoms with Crippen LogP contribution in [0.3, 0.4) is 0 Å². The zero-order valence-electron chi connectivity index (χ0n) is 8.67. The van der Waals surface area contributed by atoms with Crippen LogP contribution in [-0.2, 0) is 0 Å². The van der Waals surface area contributed by atoms with Crippen molar-refractivity contribution in [2.24, 2.45) is 0 Å². The highest BCUT2D eigenvalue weighted by Gasteiger charge is 2.00. The maximum absolute atomic E-state index is 13.3. The number of benzene rings is 1. The fraction of sp³-hybridized carbons (Fsp3) is 0.0833. The third-order valence-electron chi connectivity index (χ3n) is 2.17. The van der Waals surface area contributed by atoms with Crippen LogP contribution in [0.15, 0.2) is 36.5 Å². The van der Waals surface area contributed by atoms with E-state index in [4.69, 9.17) is 11.6 Å². The van der Waals surface area contributed by atoms with E-state index in [2.05, 4.69) is 10.3 Å². The molecule has 2 aromatic rings. The Bertz CT molecular complexity index is 497. The third kappa shape index (κ3) is 2.49. The summed E-state index contributed by atoms with van der Waals surface area (Å²) >= 11 is 5.71. The number of aryl methyl sites for hydroxylation is 1. The van der Waals surface area contributed by atoms with E-state index in [0.717, 1.165) is 0 Å². The molecule has 1 heterocycles. The molecule has 0 bridgehead atoms. The van der Waals surface area contributed by atoms with Gasteiger partial charge in [-0.05, 0) is 36.8 Å². The van der Waals surface area contributed by atoms with E-state index < -0.39 is 0 Å². The van der Waals surface area contributed by atoms with Crippen molar-refractivity contribution in [3.63, 3.8) is 0 Å². The van der Waals surface area contributed by atoms with Crippen LogP contribution in [0.5, 0.6) is 0 Å². The zero-order chi connectivity index (χ0) is 11.5. The topological polar surface area (TPSA) is 24.9 Å². The molecule has 0 saturated heterocycles. The Morgan fingerprint density at radius 3 is 2.69 bits per heavy atom. The number of hydrogen-bond acceptors (Lipinski definition) is 2. The van der Waals surface area contributed by atoms with E-state index in [0.29, 0.717) is 22.1 Å². The number of anilines is 2. The molecule has 0 atom stereocenters. The minimum absolute atomic E-state index is 0.237. The average molecular weight is 237 g/mol. The van der Waals surface area contributed by atoms with E-state index in [1.54, 1.807) is 31.2 Å². The number of hydrogen-bond donors (Lipinski definition) is 1. The van der Waals surface area contributed by atoms with Gasteiger partial charge < -0.3 is 5.32 Å². The van der Waals surface area contributed by atoms with E-state index in [1.165, 1.54) is 12.3 Å². The Morgan fingerprint density at radius 1 is 1.25 bits per heavy atom. The Kier molecular flexibility index (Phi) is 3.06. The van der Waals surface area contributed by atoms with Crippen LogP contribution in [0.4, 0.5) is 15.9 Å². The van der Waals surface area contributed by atoms with Crippen LogP contribution in [-0.4, -0.2) is 4.98 Å². The SMILES string of the molecule is Cc1ccc(Nc2ccc(Cl)cn2)cc1F. The van der Waals surface area contributed by atoms with Crippen LogP contribution in [0, 0.1) is 12.7 Å². The second-order valence-electron chi connectivity index (χ2n) is 3.45. The molecule has 16 heavy (non-hydrogen) atoms. The summed E-state index contributed by atoms with van der Waals surface area (Å²) in [6.45, 7) is 1.72. The molecular weight excluding hydrogens is 227 g/mol. The van der Waals surface area contributed by atoms with Crippen molar-refractivity contribution in [1.82, 2.24) is 4.98 Å². The van der Waals surface area contributed by atoms with E-state index >= 15 is 0 Å². The minimum atomic E-state index is -0.237. The molecule has 0 unspecified atom stereocenters. The second kappa shape index (κ2) is 4.49. The first kappa shape index (κ1) is 10.9. The van der Waals surface area contributed by atoms with Crippen LogP contribution < -0.4 is 5.32 Å². The Labute approximate surface area is 98.1 Å². The van der Waals surface area contributed by atoms with Crippen molar-refractivity contribution >= 4 is 23.1 Å². The summed E-state index contributed by atoms with van der Waals surface area (Å²) in [5, 5.41) is 3.56. The molecule has 0 saturated carbocycles. The maximum atomic E-state index is 13.3. The first-order chi connectivity index (χ1) is 7.65. The highest BCUT2D eigenvalue weighted by molar-refractivity contribution is 6.30. The standard InChI is InChI=1S/C12H10ClFN2/c1-8-2-4-10(6-11(8)14)16-12-5-3-9(13)7-15-12/h2-7H,1H3,(H,15,16). The molecule has 0 radical (unpaired) electrons. The van der Waals surface area contributed by atoms with Gasteiger partial charge in [0.15, 0.2) is 0 Å². The summed E-state index contributed by atoms with van der Waals surface area (Å²) in [7, 11) is 0.